The summed E-state index contributed by atoms with van der Waals surface area (Å²) in [7, 11) is 2.01. The molecule has 0 saturated carbocycles. The average Bonchev–Trinajstić information content (AvgIpc) is 3.34. The van der Waals surface area contributed by atoms with Gasteiger partial charge in [0.05, 0.1) is 34.4 Å². The van der Waals surface area contributed by atoms with Crippen molar-refractivity contribution in [3.05, 3.63) is 84.3 Å². The van der Waals surface area contributed by atoms with E-state index in [1.807, 2.05) is 29.2 Å². The maximum atomic E-state index is 11.0. The van der Waals surface area contributed by atoms with Crippen LogP contribution in [0.3, 0.4) is 0 Å². The van der Waals surface area contributed by atoms with Gasteiger partial charge in [0.25, 0.3) is 0 Å². The highest BCUT2D eigenvalue weighted by Gasteiger charge is 2.31. The van der Waals surface area contributed by atoms with Gasteiger partial charge in [0.1, 0.15) is 0 Å². The molecular formula is C28H34N4O. The molecule has 0 spiro atoms. The van der Waals surface area contributed by atoms with E-state index < -0.39 is 6.10 Å². The quantitative estimate of drug-likeness (QED) is 0.410. The van der Waals surface area contributed by atoms with Crippen LogP contribution in [-0.4, -0.2) is 27.8 Å². The molecular weight excluding hydrogens is 408 g/mol. The monoisotopic (exact) mass is 442 g/mol. The van der Waals surface area contributed by atoms with E-state index >= 15 is 0 Å². The minimum atomic E-state index is -0.510. The zero-order valence-corrected chi connectivity index (χ0v) is 19.9. The standard InChI is InChI=1S/C28H34N4O/c1-6-12-26-28(27(33)13-7-2)32(29-30(26)5)21-18-16-20(17-19-21)31-24(9-4)22(8-3)23-14-10-11-15-25(23)31/h8-11,14-19,27,29,33H,3-4,6-7,12-13H2,1-2,5H3. The maximum absolute atomic E-state index is 11.0. The Morgan fingerprint density at radius 1 is 0.970 bits per heavy atom. The molecule has 2 aromatic carbocycles. The Labute approximate surface area is 196 Å². The summed E-state index contributed by atoms with van der Waals surface area (Å²) in [4.78, 5) is 0. The first-order valence-corrected chi connectivity index (χ1v) is 11.8. The first-order valence-electron chi connectivity index (χ1n) is 11.8. The summed E-state index contributed by atoms with van der Waals surface area (Å²) in [6, 6.07) is 16.8. The van der Waals surface area contributed by atoms with E-state index in [9.17, 15) is 5.11 Å². The Hall–Kier alpha value is -3.28. The van der Waals surface area contributed by atoms with E-state index in [1.165, 1.54) is 0 Å². The van der Waals surface area contributed by atoms with Gasteiger partial charge in [0, 0.05) is 23.7 Å². The molecule has 3 aromatic rings. The second kappa shape index (κ2) is 9.69. The second-order valence-corrected chi connectivity index (χ2v) is 8.46. The number of fused-ring (bicyclic) bond motifs is 1. The largest absolute Gasteiger partial charge is 0.387 e. The number of hydrogen-bond donors (Lipinski definition) is 2. The maximum Gasteiger partial charge on any atom is 0.0973 e. The summed E-state index contributed by atoms with van der Waals surface area (Å²) in [6.45, 7) is 12.3. The fraction of sp³-hybridized carbons (Fsp3) is 0.286. The lowest BCUT2D eigenvalue weighted by molar-refractivity contribution is 0.195. The summed E-state index contributed by atoms with van der Waals surface area (Å²) < 4.78 is 2.22. The molecule has 4 rings (SSSR count). The van der Waals surface area contributed by atoms with Crippen LogP contribution in [0.5, 0.6) is 0 Å². The third-order valence-electron chi connectivity index (χ3n) is 6.27. The molecule has 0 fully saturated rings. The minimum Gasteiger partial charge on any atom is -0.387 e. The lowest BCUT2D eigenvalue weighted by atomic mass is 10.1. The Kier molecular flexibility index (Phi) is 6.72. The molecule has 1 unspecified atom stereocenters. The van der Waals surface area contributed by atoms with Crippen LogP contribution >= 0.6 is 0 Å². The Morgan fingerprint density at radius 2 is 1.67 bits per heavy atom. The summed E-state index contributed by atoms with van der Waals surface area (Å²) in [5.74, 6) is 0. The summed E-state index contributed by atoms with van der Waals surface area (Å²) in [5, 5.41) is 16.2. The number of aliphatic hydroxyl groups excluding tert-OH is 1. The fourth-order valence-corrected chi connectivity index (χ4v) is 4.78. The molecule has 33 heavy (non-hydrogen) atoms. The molecule has 172 valence electrons. The average molecular weight is 443 g/mol. The van der Waals surface area contributed by atoms with Gasteiger partial charge >= 0.3 is 0 Å². The van der Waals surface area contributed by atoms with Crippen molar-refractivity contribution in [3.8, 4) is 5.69 Å². The first kappa shape index (κ1) is 22.9. The van der Waals surface area contributed by atoms with E-state index in [-0.39, 0.29) is 0 Å². The van der Waals surface area contributed by atoms with Crippen LogP contribution in [0, 0.1) is 0 Å². The normalized spacial score (nSPS) is 14.9. The highest BCUT2D eigenvalue weighted by atomic mass is 16.3. The Balaban J connectivity index is 1.77. The van der Waals surface area contributed by atoms with Crippen molar-refractivity contribution < 1.29 is 5.11 Å². The van der Waals surface area contributed by atoms with Crippen molar-refractivity contribution in [1.29, 1.82) is 0 Å². The van der Waals surface area contributed by atoms with Crippen molar-refractivity contribution >= 4 is 28.7 Å². The molecule has 1 aliphatic rings. The van der Waals surface area contributed by atoms with E-state index in [4.69, 9.17) is 0 Å². The Morgan fingerprint density at radius 3 is 2.30 bits per heavy atom. The summed E-state index contributed by atoms with van der Waals surface area (Å²) >= 11 is 0. The minimum absolute atomic E-state index is 0.510. The van der Waals surface area contributed by atoms with Gasteiger partial charge < -0.3 is 9.67 Å². The van der Waals surface area contributed by atoms with Gasteiger partial charge in [-0.1, -0.05) is 64.1 Å². The molecule has 1 atom stereocenters. The first-order chi connectivity index (χ1) is 16.0. The van der Waals surface area contributed by atoms with Crippen molar-refractivity contribution in [2.75, 3.05) is 12.1 Å². The van der Waals surface area contributed by atoms with Crippen LogP contribution in [0.1, 0.15) is 50.8 Å². The predicted molar refractivity (Wildman–Crippen MR) is 140 cm³/mol. The van der Waals surface area contributed by atoms with Crippen LogP contribution in [-0.2, 0) is 0 Å². The van der Waals surface area contributed by atoms with Gasteiger partial charge in [-0.05, 0) is 49.2 Å². The third-order valence-corrected chi connectivity index (χ3v) is 6.27. The van der Waals surface area contributed by atoms with Crippen LogP contribution in [0.15, 0.2) is 73.1 Å². The lowest BCUT2D eigenvalue weighted by Crippen LogP contribution is -2.41. The van der Waals surface area contributed by atoms with E-state index in [1.54, 1.807) is 0 Å². The number of rotatable bonds is 9. The van der Waals surface area contributed by atoms with E-state index in [0.29, 0.717) is 0 Å². The number of hydrogen-bond acceptors (Lipinski definition) is 4. The van der Waals surface area contributed by atoms with Gasteiger partial charge in [0.15, 0.2) is 0 Å². The van der Waals surface area contributed by atoms with Gasteiger partial charge in [-0.2, -0.15) is 0 Å². The second-order valence-electron chi connectivity index (χ2n) is 8.46. The van der Waals surface area contributed by atoms with Crippen molar-refractivity contribution in [2.45, 2.75) is 45.6 Å². The number of nitrogens with zero attached hydrogens (tertiary/aromatic N) is 3. The molecule has 1 aliphatic heterocycles. The number of aliphatic hydroxyl groups is 1. The number of benzene rings is 2. The SMILES string of the molecule is C=Cc1c(C=C)n(-c2ccc(N3NN(C)C(CCC)=C3C(O)CCC)cc2)c2ccccc12. The number of aromatic nitrogens is 1. The molecule has 0 radical (unpaired) electrons. The number of nitrogens with one attached hydrogen (secondary N) is 1. The van der Waals surface area contributed by atoms with Crippen molar-refractivity contribution in [2.24, 2.45) is 0 Å². The number of allylic oxidation sites excluding steroid dienone is 1. The molecule has 0 bridgehead atoms. The molecule has 5 nitrogen and oxygen atoms in total. The smallest absolute Gasteiger partial charge is 0.0973 e. The zero-order chi connectivity index (χ0) is 23.5. The van der Waals surface area contributed by atoms with Gasteiger partial charge in [-0.15, -0.1) is 5.53 Å². The molecule has 0 amide bonds. The number of para-hydroxylation sites is 1. The highest BCUT2D eigenvalue weighted by molar-refractivity contribution is 5.95. The summed E-state index contributed by atoms with van der Waals surface area (Å²) in [5.41, 5.74) is 10.8. The fourth-order valence-electron chi connectivity index (χ4n) is 4.78. The van der Waals surface area contributed by atoms with E-state index in [2.05, 4.69) is 85.6 Å². The van der Waals surface area contributed by atoms with Gasteiger partial charge in [-0.3, -0.25) is 10.0 Å². The van der Waals surface area contributed by atoms with Crippen LogP contribution in [0.25, 0.3) is 28.7 Å². The van der Waals surface area contributed by atoms with Crippen molar-refractivity contribution in [1.82, 2.24) is 15.1 Å². The van der Waals surface area contributed by atoms with Crippen LogP contribution < -0.4 is 10.5 Å². The molecule has 1 aromatic heterocycles. The van der Waals surface area contributed by atoms with Crippen molar-refractivity contribution in [3.63, 3.8) is 0 Å². The molecule has 5 heteroatoms. The molecule has 2 heterocycles. The van der Waals surface area contributed by atoms with Crippen LogP contribution in [0.2, 0.25) is 0 Å². The zero-order valence-electron chi connectivity index (χ0n) is 19.9. The van der Waals surface area contributed by atoms with E-state index in [0.717, 1.165) is 70.6 Å². The van der Waals surface area contributed by atoms with Gasteiger partial charge in [0.2, 0.25) is 0 Å². The number of anilines is 1. The topological polar surface area (TPSA) is 43.7 Å². The molecule has 0 saturated heterocycles. The Bertz CT molecular complexity index is 1190. The molecule has 2 N–H and O–H groups in total. The third kappa shape index (κ3) is 3.99. The number of hydrazine groups is 2. The summed E-state index contributed by atoms with van der Waals surface area (Å²) in [6.07, 6.45) is 6.87. The lowest BCUT2D eigenvalue weighted by Gasteiger charge is -2.25. The highest BCUT2D eigenvalue weighted by Crippen LogP contribution is 2.34. The van der Waals surface area contributed by atoms with Crippen LogP contribution in [0.4, 0.5) is 5.69 Å². The molecule has 0 aliphatic carbocycles. The van der Waals surface area contributed by atoms with Gasteiger partial charge in [-0.25, -0.2) is 0 Å². The predicted octanol–water partition coefficient (Wildman–Crippen LogP) is 6.26.